The summed E-state index contributed by atoms with van der Waals surface area (Å²) in [5.74, 6) is 2.80. The number of ether oxygens (including phenoxy) is 2. The van der Waals surface area contributed by atoms with E-state index >= 15 is 0 Å². The van der Waals surface area contributed by atoms with Gasteiger partial charge in [0.2, 0.25) is 0 Å². The molecule has 0 aliphatic carbocycles. The van der Waals surface area contributed by atoms with Gasteiger partial charge in [0.25, 0.3) is 5.91 Å². The number of benzene rings is 3. The van der Waals surface area contributed by atoms with Crippen molar-refractivity contribution in [3.8, 4) is 22.8 Å². The smallest absolute Gasteiger partial charge is 0.251 e. The molecular formula is C36H37N5O3S. The number of carbonyl (C=O) groups is 1. The van der Waals surface area contributed by atoms with Crippen molar-refractivity contribution in [1.29, 1.82) is 0 Å². The fourth-order valence-electron chi connectivity index (χ4n) is 4.78. The van der Waals surface area contributed by atoms with Crippen molar-refractivity contribution in [3.63, 3.8) is 0 Å². The van der Waals surface area contributed by atoms with Gasteiger partial charge in [0, 0.05) is 61.4 Å². The summed E-state index contributed by atoms with van der Waals surface area (Å²) >= 11 is 1.55. The van der Waals surface area contributed by atoms with Gasteiger partial charge in [-0.2, -0.15) is 0 Å². The minimum Gasteiger partial charge on any atom is -0.493 e. The third-order valence-corrected chi connectivity index (χ3v) is 8.20. The third kappa shape index (κ3) is 8.83. The lowest BCUT2D eigenvalue weighted by Gasteiger charge is -2.20. The molecule has 1 N–H and O–H groups in total. The van der Waals surface area contributed by atoms with E-state index in [-0.39, 0.29) is 5.91 Å². The maximum absolute atomic E-state index is 12.8. The first-order valence-corrected chi connectivity index (χ1v) is 15.8. The molecule has 1 amide bonds. The summed E-state index contributed by atoms with van der Waals surface area (Å²) in [6, 6.07) is 31.7. The van der Waals surface area contributed by atoms with Crippen molar-refractivity contribution in [2.75, 3.05) is 39.3 Å². The number of amides is 1. The molecule has 45 heavy (non-hydrogen) atoms. The van der Waals surface area contributed by atoms with Crippen LogP contribution >= 0.6 is 11.8 Å². The lowest BCUT2D eigenvalue weighted by Crippen LogP contribution is -2.25. The zero-order valence-corrected chi connectivity index (χ0v) is 26.6. The first-order chi connectivity index (χ1) is 22.0. The van der Waals surface area contributed by atoms with Gasteiger partial charge in [-0.25, -0.2) is 9.97 Å². The van der Waals surface area contributed by atoms with Crippen molar-refractivity contribution in [2.45, 2.75) is 23.8 Å². The normalized spacial score (nSPS) is 10.7. The lowest BCUT2D eigenvalue weighted by molar-refractivity contribution is 0.0954. The summed E-state index contributed by atoms with van der Waals surface area (Å²) < 4.78 is 10.9. The van der Waals surface area contributed by atoms with E-state index in [0.29, 0.717) is 35.2 Å². The summed E-state index contributed by atoms with van der Waals surface area (Å²) in [4.78, 5) is 29.1. The van der Waals surface area contributed by atoms with Gasteiger partial charge in [-0.05, 0) is 53.9 Å². The Labute approximate surface area is 268 Å². The average molecular weight is 620 g/mol. The minimum absolute atomic E-state index is 0.0986. The second kappa shape index (κ2) is 15.7. The molecule has 5 aromatic rings. The second-order valence-corrected chi connectivity index (χ2v) is 11.4. The summed E-state index contributed by atoms with van der Waals surface area (Å²) in [5, 5.41) is 3.68. The number of rotatable bonds is 14. The number of pyridine rings is 1. The highest BCUT2D eigenvalue weighted by atomic mass is 32.2. The highest BCUT2D eigenvalue weighted by molar-refractivity contribution is 7.98. The Morgan fingerprint density at radius 3 is 2.42 bits per heavy atom. The molecule has 0 saturated heterocycles. The Balaban J connectivity index is 1.27. The monoisotopic (exact) mass is 619 g/mol. The number of nitrogens with zero attached hydrogens (tertiary/aromatic N) is 4. The summed E-state index contributed by atoms with van der Waals surface area (Å²) in [6.07, 6.45) is 3.25. The predicted octanol–water partition coefficient (Wildman–Crippen LogP) is 6.50. The Morgan fingerprint density at radius 2 is 1.64 bits per heavy atom. The number of hydrogen-bond donors (Lipinski definition) is 1. The van der Waals surface area contributed by atoms with Crippen molar-refractivity contribution in [3.05, 3.63) is 126 Å². The Morgan fingerprint density at radius 1 is 0.822 bits per heavy atom. The third-order valence-electron chi connectivity index (χ3n) is 7.29. The maximum Gasteiger partial charge on any atom is 0.251 e. The highest BCUT2D eigenvalue weighted by Gasteiger charge is 2.13. The molecular weight excluding hydrogens is 582 g/mol. The molecule has 230 valence electrons. The van der Waals surface area contributed by atoms with Crippen LogP contribution in [-0.4, -0.2) is 55.2 Å². The molecule has 0 spiro atoms. The molecule has 0 bridgehead atoms. The Bertz CT molecular complexity index is 1700. The summed E-state index contributed by atoms with van der Waals surface area (Å²) in [6.45, 7) is 1.28. The average Bonchev–Trinajstić information content (AvgIpc) is 3.10. The first-order valence-electron chi connectivity index (χ1n) is 14.8. The van der Waals surface area contributed by atoms with Gasteiger partial charge in [-0.3, -0.25) is 9.78 Å². The van der Waals surface area contributed by atoms with Gasteiger partial charge in [0.1, 0.15) is 5.82 Å². The van der Waals surface area contributed by atoms with Crippen LogP contribution in [0.1, 0.15) is 27.2 Å². The van der Waals surface area contributed by atoms with Crippen LogP contribution in [0, 0.1) is 0 Å². The van der Waals surface area contributed by atoms with E-state index in [1.165, 1.54) is 0 Å². The topological polar surface area (TPSA) is 89.5 Å². The largest absolute Gasteiger partial charge is 0.493 e. The van der Waals surface area contributed by atoms with E-state index in [4.69, 9.17) is 19.4 Å². The fourth-order valence-corrected chi connectivity index (χ4v) is 5.58. The molecule has 0 saturated carbocycles. The zero-order valence-electron chi connectivity index (χ0n) is 25.8. The summed E-state index contributed by atoms with van der Waals surface area (Å²) in [5.41, 5.74) is 5.64. The van der Waals surface area contributed by atoms with E-state index in [9.17, 15) is 4.79 Å². The Hall–Kier alpha value is -4.89. The quantitative estimate of drug-likeness (QED) is 0.111. The van der Waals surface area contributed by atoms with E-state index in [2.05, 4.69) is 33.4 Å². The molecule has 3 aromatic carbocycles. The van der Waals surface area contributed by atoms with Crippen molar-refractivity contribution in [2.24, 2.45) is 0 Å². The van der Waals surface area contributed by atoms with Crippen LogP contribution in [0.15, 0.2) is 108 Å². The summed E-state index contributed by atoms with van der Waals surface area (Å²) in [7, 11) is 5.33. The number of carbonyl (C=O) groups excluding carboxylic acids is 1. The van der Waals surface area contributed by atoms with Crippen molar-refractivity contribution in [1.82, 2.24) is 20.3 Å². The number of nitrogens with one attached hydrogen (secondary N) is 1. The van der Waals surface area contributed by atoms with Crippen LogP contribution in [0.25, 0.3) is 11.3 Å². The van der Waals surface area contributed by atoms with E-state index in [1.807, 2.05) is 85.9 Å². The van der Waals surface area contributed by atoms with Crippen LogP contribution in [0.5, 0.6) is 11.5 Å². The van der Waals surface area contributed by atoms with Crippen LogP contribution < -0.4 is 19.7 Å². The minimum atomic E-state index is -0.0986. The van der Waals surface area contributed by atoms with Gasteiger partial charge >= 0.3 is 0 Å². The number of likely N-dealkylation sites (N-methyl/N-ethyl adjacent to an activating group) is 1. The molecule has 0 radical (unpaired) electrons. The zero-order chi connectivity index (χ0) is 31.4. The number of methoxy groups -OCH3 is 2. The standard InChI is InChI=1S/C36H37N5O3S/c1-41(21-18-26-15-16-32(43-2)33(23-26)44-3)34-24-31(28-11-5-4-6-12-28)39-36(40-34)45-25-27-10-9-13-29(22-27)35(42)38-20-17-30-14-7-8-19-37-30/h4-16,19,22-24H,17-18,20-21,25H2,1-3H3,(H,38,42). The lowest BCUT2D eigenvalue weighted by atomic mass is 10.1. The van der Waals surface area contributed by atoms with Gasteiger partial charge in [0.05, 0.1) is 19.9 Å². The first kappa shape index (κ1) is 31.5. The number of anilines is 1. The predicted molar refractivity (Wildman–Crippen MR) is 180 cm³/mol. The molecule has 9 heteroatoms. The molecule has 0 aliphatic rings. The van der Waals surface area contributed by atoms with Gasteiger partial charge in [0.15, 0.2) is 16.7 Å². The van der Waals surface area contributed by atoms with Crippen LogP contribution in [-0.2, 0) is 18.6 Å². The molecule has 0 atom stereocenters. The van der Waals surface area contributed by atoms with Gasteiger partial charge < -0.3 is 19.7 Å². The van der Waals surface area contributed by atoms with E-state index in [0.717, 1.165) is 52.6 Å². The van der Waals surface area contributed by atoms with Crippen LogP contribution in [0.3, 0.4) is 0 Å². The molecule has 5 rings (SSSR count). The highest BCUT2D eigenvalue weighted by Crippen LogP contribution is 2.29. The Kier molecular flexibility index (Phi) is 11.0. The molecule has 0 aliphatic heterocycles. The second-order valence-electron chi connectivity index (χ2n) is 10.4. The van der Waals surface area contributed by atoms with E-state index in [1.54, 1.807) is 32.2 Å². The number of aromatic nitrogens is 3. The number of thioether (sulfide) groups is 1. The van der Waals surface area contributed by atoms with Crippen LogP contribution in [0.4, 0.5) is 5.82 Å². The molecule has 0 unspecified atom stereocenters. The SMILES string of the molecule is COc1ccc(CCN(C)c2cc(-c3ccccc3)nc(SCc3cccc(C(=O)NCCc4ccccn4)c3)n2)cc1OC. The molecule has 0 fully saturated rings. The van der Waals surface area contributed by atoms with Gasteiger partial charge in [-0.1, -0.05) is 66.4 Å². The molecule has 2 aromatic heterocycles. The maximum atomic E-state index is 12.8. The fraction of sp³-hybridized carbons (Fsp3) is 0.222. The van der Waals surface area contributed by atoms with E-state index < -0.39 is 0 Å². The van der Waals surface area contributed by atoms with Crippen molar-refractivity contribution < 1.29 is 14.3 Å². The molecule has 2 heterocycles. The number of hydrogen-bond acceptors (Lipinski definition) is 8. The van der Waals surface area contributed by atoms with Crippen molar-refractivity contribution >= 4 is 23.5 Å². The van der Waals surface area contributed by atoms with Crippen LogP contribution in [0.2, 0.25) is 0 Å². The van der Waals surface area contributed by atoms with Gasteiger partial charge in [-0.15, -0.1) is 0 Å². The molecule has 8 nitrogen and oxygen atoms in total.